The Balaban J connectivity index is 1.10. The number of carbonyl (C=O) groups is 4. The Labute approximate surface area is 344 Å². The molecule has 4 heterocycles. The Morgan fingerprint density at radius 3 is 2.25 bits per heavy atom. The van der Waals surface area contributed by atoms with E-state index in [4.69, 9.17) is 14.5 Å². The van der Waals surface area contributed by atoms with Crippen LogP contribution in [0.1, 0.15) is 64.3 Å². The third-order valence-electron chi connectivity index (χ3n) is 11.9. The standard InChI is InChI=1S/C44H54FN7O6Si/c1-24(2)32(19-37(53)57-5)42(54)52-23-59(7,8)22-36(52)41-47-33-16-14-29-17-28(13-15-31(29)39(33)49-41)26-9-11-27(12-10-26)34-20-46-40(48-34)35-18-30(45)21-51(35)43(55)38(25(3)4)50-44(56)58-6/h9-17,20,24-25,30,32,35-36,38H,18-19,21-23H2,1-8H3,(H,46,48)(H,47,49)(H,50,56)/t30?,32?,35?,36-,38-/m0/s1. The van der Waals surface area contributed by atoms with Gasteiger partial charge in [0.15, 0.2) is 0 Å². The number of nitrogens with one attached hydrogen (secondary N) is 3. The van der Waals surface area contributed by atoms with Gasteiger partial charge in [-0.1, -0.05) is 83.3 Å². The van der Waals surface area contributed by atoms with E-state index < -0.39 is 38.3 Å². The topological polar surface area (TPSA) is 163 Å². The molecule has 0 spiro atoms. The van der Waals surface area contributed by atoms with Gasteiger partial charge in [-0.15, -0.1) is 0 Å². The SMILES string of the molecule is COC(=O)CC(C(=O)N1C[Si](C)(C)C[C@H]1c1nc2ccc3cc(-c4ccc(-c5cnc(C6CC(F)CN6C(=O)[C@@H](NC(=O)OC)C(C)C)[nH]5)cc4)ccc3c2[nH]1)C(C)C. The number of alkyl carbamates (subject to hydrolysis) is 1. The van der Waals surface area contributed by atoms with Crippen LogP contribution in [-0.4, -0.2) is 101 Å². The van der Waals surface area contributed by atoms with Crippen molar-refractivity contribution in [1.29, 1.82) is 0 Å². The number of benzene rings is 3. The normalized spacial score (nSPS) is 20.1. The fourth-order valence-electron chi connectivity index (χ4n) is 8.66. The smallest absolute Gasteiger partial charge is 0.407 e. The Kier molecular flexibility index (Phi) is 11.7. The number of imidazole rings is 2. The van der Waals surface area contributed by atoms with E-state index in [1.54, 1.807) is 6.20 Å². The first-order valence-electron chi connectivity index (χ1n) is 20.3. The summed E-state index contributed by atoms with van der Waals surface area (Å²) in [6.07, 6.45) is 0.621. The van der Waals surface area contributed by atoms with E-state index in [1.165, 1.54) is 19.1 Å². The van der Waals surface area contributed by atoms with Crippen molar-refractivity contribution >= 4 is 53.8 Å². The number of aromatic nitrogens is 4. The molecule has 3 amide bonds. The molecule has 0 aliphatic carbocycles. The number of carbonyl (C=O) groups excluding carboxylic acids is 4. The zero-order chi connectivity index (χ0) is 42.3. The third-order valence-corrected chi connectivity index (χ3v) is 14.6. The summed E-state index contributed by atoms with van der Waals surface area (Å²) in [5.41, 5.74) is 5.43. The molecule has 5 aromatic rings. The third kappa shape index (κ3) is 8.47. The molecule has 3 unspecified atom stereocenters. The van der Waals surface area contributed by atoms with Crippen molar-refractivity contribution in [3.8, 4) is 22.4 Å². The number of ether oxygens (including phenoxy) is 2. The lowest BCUT2D eigenvalue weighted by molar-refractivity contribution is -0.148. The van der Waals surface area contributed by atoms with Crippen molar-refractivity contribution in [2.24, 2.45) is 17.8 Å². The van der Waals surface area contributed by atoms with Crippen LogP contribution >= 0.6 is 0 Å². The van der Waals surface area contributed by atoms with E-state index in [0.717, 1.165) is 56.1 Å². The fraction of sp³-hybridized carbons (Fsp3) is 0.455. The molecule has 15 heteroatoms. The van der Waals surface area contributed by atoms with Gasteiger partial charge in [0.25, 0.3) is 0 Å². The molecule has 2 aliphatic rings. The lowest BCUT2D eigenvalue weighted by Gasteiger charge is -2.29. The first-order valence-corrected chi connectivity index (χ1v) is 23.7. The van der Waals surface area contributed by atoms with Crippen LogP contribution in [0.3, 0.4) is 0 Å². The summed E-state index contributed by atoms with van der Waals surface area (Å²) in [4.78, 5) is 71.8. The van der Waals surface area contributed by atoms with Crippen LogP contribution in [0.5, 0.6) is 0 Å². The van der Waals surface area contributed by atoms with Gasteiger partial charge in [0, 0.05) is 18.0 Å². The summed E-state index contributed by atoms with van der Waals surface area (Å²) in [7, 11) is 0.830. The van der Waals surface area contributed by atoms with Crippen LogP contribution in [0.4, 0.5) is 9.18 Å². The second-order valence-corrected chi connectivity index (χ2v) is 22.5. The van der Waals surface area contributed by atoms with E-state index in [-0.39, 0.29) is 55.0 Å². The van der Waals surface area contributed by atoms with Crippen molar-refractivity contribution < 1.29 is 33.0 Å². The molecule has 2 aliphatic heterocycles. The van der Waals surface area contributed by atoms with Gasteiger partial charge in [-0.3, -0.25) is 14.4 Å². The Morgan fingerprint density at radius 2 is 1.58 bits per heavy atom. The Hall–Kier alpha value is -5.57. The molecule has 0 radical (unpaired) electrons. The number of fused-ring (bicyclic) bond motifs is 3. The van der Waals surface area contributed by atoms with Gasteiger partial charge < -0.3 is 34.6 Å². The summed E-state index contributed by atoms with van der Waals surface area (Å²) >= 11 is 0. The molecule has 0 bridgehead atoms. The molecule has 2 fully saturated rings. The van der Waals surface area contributed by atoms with Crippen molar-refractivity contribution in [2.45, 2.75) is 84.0 Å². The summed E-state index contributed by atoms with van der Waals surface area (Å²) in [5, 5.41) is 4.67. The van der Waals surface area contributed by atoms with Crippen LogP contribution in [0.2, 0.25) is 19.1 Å². The van der Waals surface area contributed by atoms with Gasteiger partial charge in [0.2, 0.25) is 11.8 Å². The Morgan fingerprint density at radius 1 is 0.864 bits per heavy atom. The largest absolute Gasteiger partial charge is 0.469 e. The predicted molar refractivity (Wildman–Crippen MR) is 226 cm³/mol. The first-order chi connectivity index (χ1) is 28.1. The molecule has 2 saturated heterocycles. The number of halogens is 1. The van der Waals surface area contributed by atoms with Crippen molar-refractivity contribution in [3.05, 3.63) is 72.4 Å². The maximum atomic E-state index is 14.8. The zero-order valence-electron chi connectivity index (χ0n) is 35.0. The monoisotopic (exact) mass is 823 g/mol. The van der Waals surface area contributed by atoms with Gasteiger partial charge in [-0.2, -0.15) is 0 Å². The highest BCUT2D eigenvalue weighted by Gasteiger charge is 2.46. The van der Waals surface area contributed by atoms with E-state index in [1.807, 2.05) is 62.9 Å². The highest BCUT2D eigenvalue weighted by atomic mass is 28.3. The Bertz CT molecular complexity index is 2380. The number of nitrogens with zero attached hydrogens (tertiary/aromatic N) is 4. The average molecular weight is 824 g/mol. The van der Waals surface area contributed by atoms with Gasteiger partial charge in [-0.05, 0) is 52.1 Å². The van der Waals surface area contributed by atoms with Gasteiger partial charge in [-0.25, -0.2) is 19.2 Å². The summed E-state index contributed by atoms with van der Waals surface area (Å²) in [5.74, 6) is -0.239. The summed E-state index contributed by atoms with van der Waals surface area (Å²) in [6.45, 7) is 12.1. The van der Waals surface area contributed by atoms with E-state index in [0.29, 0.717) is 12.0 Å². The highest BCUT2D eigenvalue weighted by molar-refractivity contribution is 6.78. The molecule has 3 aromatic carbocycles. The lowest BCUT2D eigenvalue weighted by Crippen LogP contribution is -2.51. The van der Waals surface area contributed by atoms with Crippen LogP contribution in [0.15, 0.2) is 60.8 Å². The molecule has 2 aromatic heterocycles. The maximum Gasteiger partial charge on any atom is 0.407 e. The molecular weight excluding hydrogens is 770 g/mol. The van der Waals surface area contributed by atoms with Crippen LogP contribution in [0.25, 0.3) is 44.2 Å². The second kappa shape index (κ2) is 16.6. The minimum atomic E-state index is -1.76. The number of methoxy groups -OCH3 is 2. The molecule has 0 saturated carbocycles. The number of amides is 3. The number of H-pyrrole nitrogens is 2. The van der Waals surface area contributed by atoms with Gasteiger partial charge in [0.05, 0.1) is 76.2 Å². The lowest BCUT2D eigenvalue weighted by atomic mass is 9.91. The maximum absolute atomic E-state index is 14.8. The molecular formula is C44H54FN7O6Si. The second-order valence-electron chi connectivity index (χ2n) is 17.5. The zero-order valence-corrected chi connectivity index (χ0v) is 36.0. The average Bonchev–Trinajstić information content (AvgIpc) is 4.02. The molecule has 312 valence electrons. The number of aromatic amines is 2. The van der Waals surface area contributed by atoms with Crippen LogP contribution in [0, 0.1) is 17.8 Å². The molecule has 5 atom stereocenters. The quantitative estimate of drug-likeness (QED) is 0.0901. The molecule has 3 N–H and O–H groups in total. The van der Waals surface area contributed by atoms with Crippen molar-refractivity contribution in [3.63, 3.8) is 0 Å². The van der Waals surface area contributed by atoms with Crippen molar-refractivity contribution in [1.82, 2.24) is 35.1 Å². The minimum absolute atomic E-state index is 0.0165. The number of hydrogen-bond acceptors (Lipinski definition) is 8. The number of likely N-dealkylation sites (tertiary alicyclic amines) is 1. The molecule has 59 heavy (non-hydrogen) atoms. The number of esters is 1. The number of hydrogen-bond donors (Lipinski definition) is 3. The van der Waals surface area contributed by atoms with E-state index in [2.05, 4.69) is 57.6 Å². The van der Waals surface area contributed by atoms with E-state index in [9.17, 15) is 23.6 Å². The van der Waals surface area contributed by atoms with Crippen LogP contribution in [-0.2, 0) is 23.9 Å². The van der Waals surface area contributed by atoms with Gasteiger partial charge in [0.1, 0.15) is 23.9 Å². The number of rotatable bonds is 11. The highest BCUT2D eigenvalue weighted by Crippen LogP contribution is 2.41. The summed E-state index contributed by atoms with van der Waals surface area (Å²) in [6, 6.07) is 17.7. The number of alkyl halides is 1. The first kappa shape index (κ1) is 41.6. The predicted octanol–water partition coefficient (Wildman–Crippen LogP) is 7.73. The van der Waals surface area contributed by atoms with E-state index >= 15 is 0 Å². The summed E-state index contributed by atoms with van der Waals surface area (Å²) < 4.78 is 24.5. The minimum Gasteiger partial charge on any atom is -0.469 e. The van der Waals surface area contributed by atoms with Gasteiger partial charge >= 0.3 is 12.1 Å². The molecule has 7 rings (SSSR count). The van der Waals surface area contributed by atoms with Crippen LogP contribution < -0.4 is 5.32 Å². The molecule has 13 nitrogen and oxygen atoms in total. The fourth-order valence-corrected chi connectivity index (χ4v) is 11.5. The van der Waals surface area contributed by atoms with Crippen molar-refractivity contribution in [2.75, 3.05) is 26.9 Å².